The second-order valence-electron chi connectivity index (χ2n) is 4.39. The van der Waals surface area contributed by atoms with Crippen molar-refractivity contribution in [3.8, 4) is 0 Å². The highest BCUT2D eigenvalue weighted by Crippen LogP contribution is 2.24. The summed E-state index contributed by atoms with van der Waals surface area (Å²) in [5.74, 6) is 0.635. The van der Waals surface area contributed by atoms with Gasteiger partial charge in [-0.15, -0.1) is 11.3 Å². The maximum atomic E-state index is 12.5. The minimum Gasteiger partial charge on any atom is -0.352 e. The summed E-state index contributed by atoms with van der Waals surface area (Å²) in [4.78, 5) is 6.80. The van der Waals surface area contributed by atoms with Gasteiger partial charge < -0.3 is 10.2 Å². The Labute approximate surface area is 115 Å². The molecule has 19 heavy (non-hydrogen) atoms. The highest BCUT2D eigenvalue weighted by atomic mass is 32.1. The molecule has 2 rings (SSSR count). The van der Waals surface area contributed by atoms with Gasteiger partial charge >= 0.3 is 0 Å². The summed E-state index contributed by atoms with van der Waals surface area (Å²) in [6.07, 6.45) is 0.602. The zero-order valence-corrected chi connectivity index (χ0v) is 11.9. The maximum Gasteiger partial charge on any atom is 0.255 e. The van der Waals surface area contributed by atoms with Crippen molar-refractivity contribution in [1.82, 2.24) is 14.7 Å². The number of halogens is 2. The van der Waals surface area contributed by atoms with Gasteiger partial charge in [-0.05, 0) is 13.0 Å². The standard InChI is InChI=1S/C12H18F2N4S/c1-3-4-15-7-9-11(17(2)8-10(13)14)16-12-18(9)5-6-19-12/h5-6,10,15H,3-4,7-8H2,1-2H3. The molecular formula is C12H18F2N4S. The molecule has 2 aromatic rings. The molecule has 4 nitrogen and oxygen atoms in total. The lowest BCUT2D eigenvalue weighted by molar-refractivity contribution is 0.156. The smallest absolute Gasteiger partial charge is 0.255 e. The van der Waals surface area contributed by atoms with Gasteiger partial charge in [-0.25, -0.2) is 13.8 Å². The molecule has 0 amide bonds. The lowest BCUT2D eigenvalue weighted by Crippen LogP contribution is -2.26. The first-order valence-corrected chi connectivity index (χ1v) is 7.15. The number of nitrogens with one attached hydrogen (secondary N) is 1. The van der Waals surface area contributed by atoms with E-state index in [0.29, 0.717) is 12.4 Å². The van der Waals surface area contributed by atoms with Gasteiger partial charge in [-0.1, -0.05) is 6.92 Å². The first-order valence-electron chi connectivity index (χ1n) is 6.28. The Balaban J connectivity index is 2.25. The molecule has 0 bridgehead atoms. The summed E-state index contributed by atoms with van der Waals surface area (Å²) in [5.41, 5.74) is 0.938. The van der Waals surface area contributed by atoms with Gasteiger partial charge in [0.1, 0.15) is 0 Å². The lowest BCUT2D eigenvalue weighted by Gasteiger charge is -2.17. The molecule has 0 fully saturated rings. The van der Waals surface area contributed by atoms with Gasteiger partial charge in [-0.2, -0.15) is 0 Å². The molecule has 0 radical (unpaired) electrons. The first-order chi connectivity index (χ1) is 9.13. The Morgan fingerprint density at radius 3 is 3.00 bits per heavy atom. The first kappa shape index (κ1) is 14.2. The number of hydrogen-bond donors (Lipinski definition) is 1. The second-order valence-corrected chi connectivity index (χ2v) is 5.26. The fourth-order valence-electron chi connectivity index (χ4n) is 1.97. The monoisotopic (exact) mass is 288 g/mol. The van der Waals surface area contributed by atoms with Gasteiger partial charge in [0.05, 0.1) is 12.2 Å². The predicted octanol–water partition coefficient (Wildman–Crippen LogP) is 2.60. The van der Waals surface area contributed by atoms with Crippen LogP contribution in [-0.2, 0) is 6.54 Å². The normalized spacial score (nSPS) is 11.6. The van der Waals surface area contributed by atoms with E-state index in [4.69, 9.17) is 0 Å². The third-order valence-electron chi connectivity index (χ3n) is 2.83. The van der Waals surface area contributed by atoms with Crippen LogP contribution in [0.4, 0.5) is 14.6 Å². The molecule has 0 saturated heterocycles. The number of rotatable bonds is 7. The lowest BCUT2D eigenvalue weighted by atomic mass is 10.3. The molecule has 2 aromatic heterocycles. The van der Waals surface area contributed by atoms with E-state index in [1.165, 1.54) is 16.2 Å². The van der Waals surface area contributed by atoms with E-state index in [9.17, 15) is 8.78 Å². The fourth-order valence-corrected chi connectivity index (χ4v) is 2.70. The quantitative estimate of drug-likeness (QED) is 0.795. The van der Waals surface area contributed by atoms with Crippen LogP contribution >= 0.6 is 11.3 Å². The Kier molecular flexibility index (Phi) is 4.71. The molecule has 1 N–H and O–H groups in total. The van der Waals surface area contributed by atoms with Gasteiger partial charge in [0, 0.05) is 25.2 Å². The summed E-state index contributed by atoms with van der Waals surface area (Å²) < 4.78 is 27.0. The van der Waals surface area contributed by atoms with Crippen molar-refractivity contribution in [2.24, 2.45) is 0 Å². The number of alkyl halides is 2. The highest BCUT2D eigenvalue weighted by Gasteiger charge is 2.18. The summed E-state index contributed by atoms with van der Waals surface area (Å²) in [6, 6.07) is 0. The van der Waals surface area contributed by atoms with Crippen molar-refractivity contribution in [3.05, 3.63) is 17.3 Å². The zero-order valence-electron chi connectivity index (χ0n) is 11.1. The predicted molar refractivity (Wildman–Crippen MR) is 74.3 cm³/mol. The molecule has 106 valence electrons. The average molecular weight is 288 g/mol. The Hall–Kier alpha value is -1.21. The minimum absolute atomic E-state index is 0.300. The van der Waals surface area contributed by atoms with Gasteiger partial charge in [0.15, 0.2) is 10.8 Å². The largest absolute Gasteiger partial charge is 0.352 e. The third-order valence-corrected chi connectivity index (χ3v) is 3.59. The SMILES string of the molecule is CCCNCc1c(N(C)CC(F)F)nc2sccn12. The molecular weight excluding hydrogens is 270 g/mol. The van der Waals surface area contributed by atoms with Crippen LogP contribution in [-0.4, -0.2) is 35.9 Å². The van der Waals surface area contributed by atoms with Crippen molar-refractivity contribution >= 4 is 22.1 Å². The van der Waals surface area contributed by atoms with Crippen LogP contribution in [0.25, 0.3) is 4.96 Å². The summed E-state index contributed by atoms with van der Waals surface area (Å²) in [6.45, 7) is 3.32. The number of nitrogens with zero attached hydrogens (tertiary/aromatic N) is 3. The van der Waals surface area contributed by atoms with E-state index in [0.717, 1.165) is 23.6 Å². The highest BCUT2D eigenvalue weighted by molar-refractivity contribution is 7.15. The van der Waals surface area contributed by atoms with Crippen LogP contribution in [0.3, 0.4) is 0 Å². The molecule has 0 aromatic carbocycles. The van der Waals surface area contributed by atoms with E-state index >= 15 is 0 Å². The molecule has 0 aliphatic heterocycles. The number of fused-ring (bicyclic) bond motifs is 1. The number of hydrogen-bond acceptors (Lipinski definition) is 4. The molecule has 0 saturated carbocycles. The molecule has 0 atom stereocenters. The Morgan fingerprint density at radius 2 is 2.32 bits per heavy atom. The Morgan fingerprint density at radius 1 is 1.53 bits per heavy atom. The Bertz CT molecular complexity index is 523. The summed E-state index contributed by atoms with van der Waals surface area (Å²) in [5, 5.41) is 5.24. The molecule has 0 unspecified atom stereocenters. The van der Waals surface area contributed by atoms with Gasteiger partial charge in [0.25, 0.3) is 6.43 Å². The van der Waals surface area contributed by atoms with Crippen LogP contribution in [0.15, 0.2) is 11.6 Å². The van der Waals surface area contributed by atoms with Crippen molar-refractivity contribution in [2.75, 3.05) is 25.0 Å². The maximum absolute atomic E-state index is 12.5. The van der Waals surface area contributed by atoms with Crippen molar-refractivity contribution < 1.29 is 8.78 Å². The van der Waals surface area contributed by atoms with E-state index in [-0.39, 0.29) is 6.54 Å². The van der Waals surface area contributed by atoms with Crippen molar-refractivity contribution in [1.29, 1.82) is 0 Å². The molecule has 7 heteroatoms. The van der Waals surface area contributed by atoms with Crippen LogP contribution in [0.5, 0.6) is 0 Å². The number of thiazole rings is 1. The third kappa shape index (κ3) is 3.22. The molecule has 0 spiro atoms. The zero-order chi connectivity index (χ0) is 13.8. The number of imidazole rings is 1. The number of aromatic nitrogens is 2. The van der Waals surface area contributed by atoms with Crippen LogP contribution in [0.2, 0.25) is 0 Å². The second kappa shape index (κ2) is 6.29. The van der Waals surface area contributed by atoms with Gasteiger partial charge in [0.2, 0.25) is 0 Å². The van der Waals surface area contributed by atoms with E-state index < -0.39 is 6.43 Å². The molecule has 2 heterocycles. The number of anilines is 1. The van der Waals surface area contributed by atoms with Crippen LogP contribution in [0.1, 0.15) is 19.0 Å². The molecule has 0 aliphatic carbocycles. The minimum atomic E-state index is -2.36. The van der Waals surface area contributed by atoms with Crippen molar-refractivity contribution in [3.63, 3.8) is 0 Å². The van der Waals surface area contributed by atoms with E-state index in [1.54, 1.807) is 7.05 Å². The van der Waals surface area contributed by atoms with Crippen LogP contribution in [0, 0.1) is 0 Å². The van der Waals surface area contributed by atoms with E-state index in [1.807, 2.05) is 16.0 Å². The fraction of sp³-hybridized carbons (Fsp3) is 0.583. The van der Waals surface area contributed by atoms with Crippen molar-refractivity contribution in [2.45, 2.75) is 26.3 Å². The summed E-state index contributed by atoms with van der Waals surface area (Å²) in [7, 11) is 1.65. The summed E-state index contributed by atoms with van der Waals surface area (Å²) >= 11 is 1.51. The topological polar surface area (TPSA) is 32.6 Å². The molecule has 0 aliphatic rings. The van der Waals surface area contributed by atoms with Gasteiger partial charge in [-0.3, -0.25) is 4.40 Å². The average Bonchev–Trinajstić information content (AvgIpc) is 2.90. The van der Waals surface area contributed by atoms with Crippen LogP contribution < -0.4 is 10.2 Å². The van der Waals surface area contributed by atoms with E-state index in [2.05, 4.69) is 17.2 Å².